The molecule has 12 heavy (non-hydrogen) atoms. The molecule has 0 aromatic heterocycles. The zero-order chi connectivity index (χ0) is 9.56. The number of rotatable bonds is 1. The van der Waals surface area contributed by atoms with Crippen LogP contribution >= 0.6 is 0 Å². The molecule has 0 radical (unpaired) electrons. The Hall–Kier alpha value is -0.630. The van der Waals surface area contributed by atoms with Crippen molar-refractivity contribution in [2.24, 2.45) is 10.9 Å². The number of nitrogens with one attached hydrogen (secondary N) is 1. The average Bonchev–Trinajstić information content (AvgIpc) is 2.34. The van der Waals surface area contributed by atoms with Gasteiger partial charge in [-0.1, -0.05) is 20.8 Å². The lowest BCUT2D eigenvalue weighted by molar-refractivity contribution is -0.763. The molecule has 0 saturated heterocycles. The maximum absolute atomic E-state index is 3.94. The minimum absolute atomic E-state index is 0.623. The molecule has 1 aliphatic rings. The minimum atomic E-state index is 0.623. The summed E-state index contributed by atoms with van der Waals surface area (Å²) in [6, 6.07) is 0.623. The SMILES string of the molecule is CC(C)C.CC(C)[NH+]1C=CN=C1. The van der Waals surface area contributed by atoms with Crippen molar-refractivity contribution in [3.05, 3.63) is 12.4 Å². The highest BCUT2D eigenvalue weighted by Crippen LogP contribution is 1.81. The van der Waals surface area contributed by atoms with E-state index in [1.165, 1.54) is 4.90 Å². The van der Waals surface area contributed by atoms with Gasteiger partial charge in [0.05, 0.1) is 12.2 Å². The molecule has 0 saturated carbocycles. The van der Waals surface area contributed by atoms with Gasteiger partial charge in [0.25, 0.3) is 0 Å². The number of quaternary nitrogens is 1. The molecule has 1 heterocycles. The van der Waals surface area contributed by atoms with Crippen LogP contribution in [0.4, 0.5) is 0 Å². The predicted octanol–water partition coefficient (Wildman–Crippen LogP) is 1.46. The highest BCUT2D eigenvalue weighted by atomic mass is 15.2. The van der Waals surface area contributed by atoms with Gasteiger partial charge in [-0.25, -0.2) is 4.99 Å². The van der Waals surface area contributed by atoms with Crippen molar-refractivity contribution in [2.45, 2.75) is 40.7 Å². The highest BCUT2D eigenvalue weighted by Gasteiger charge is 2.08. The van der Waals surface area contributed by atoms with E-state index in [9.17, 15) is 0 Å². The summed E-state index contributed by atoms with van der Waals surface area (Å²) in [5, 5.41) is 0. The van der Waals surface area contributed by atoms with Crippen LogP contribution in [-0.4, -0.2) is 12.4 Å². The fourth-order valence-corrected chi connectivity index (χ4v) is 0.643. The Morgan fingerprint density at radius 1 is 1.08 bits per heavy atom. The molecular formula is C10H21N2+. The minimum Gasteiger partial charge on any atom is -0.263 e. The molecule has 0 aromatic rings. The average molecular weight is 169 g/mol. The van der Waals surface area contributed by atoms with Gasteiger partial charge in [-0.15, -0.1) is 0 Å². The lowest BCUT2D eigenvalue weighted by Gasteiger charge is -2.07. The van der Waals surface area contributed by atoms with E-state index in [0.29, 0.717) is 6.04 Å². The summed E-state index contributed by atoms with van der Waals surface area (Å²) >= 11 is 0. The van der Waals surface area contributed by atoms with Gasteiger partial charge in [0, 0.05) is 0 Å². The number of aliphatic imine (C=N–C) groups is 1. The van der Waals surface area contributed by atoms with E-state index >= 15 is 0 Å². The van der Waals surface area contributed by atoms with E-state index in [1.54, 1.807) is 0 Å². The van der Waals surface area contributed by atoms with Crippen molar-refractivity contribution in [3.63, 3.8) is 0 Å². The Balaban J connectivity index is 0.000000261. The van der Waals surface area contributed by atoms with Crippen LogP contribution in [0.5, 0.6) is 0 Å². The Labute approximate surface area is 76.0 Å². The molecule has 0 aromatic carbocycles. The molecular weight excluding hydrogens is 148 g/mol. The molecule has 1 rings (SSSR count). The van der Waals surface area contributed by atoms with E-state index in [1.807, 2.05) is 18.7 Å². The van der Waals surface area contributed by atoms with Crippen LogP contribution in [0.25, 0.3) is 0 Å². The molecule has 1 aliphatic heterocycles. The van der Waals surface area contributed by atoms with Crippen molar-refractivity contribution in [2.75, 3.05) is 0 Å². The van der Waals surface area contributed by atoms with Crippen LogP contribution in [0.1, 0.15) is 34.6 Å². The van der Waals surface area contributed by atoms with Gasteiger partial charge in [-0.05, 0) is 19.8 Å². The Morgan fingerprint density at radius 3 is 1.75 bits per heavy atom. The quantitative estimate of drug-likeness (QED) is 0.612. The maximum Gasteiger partial charge on any atom is 0.193 e. The van der Waals surface area contributed by atoms with Gasteiger partial charge in [0.1, 0.15) is 6.20 Å². The molecule has 0 spiro atoms. The Morgan fingerprint density at radius 2 is 1.58 bits per heavy atom. The second-order valence-electron chi connectivity index (χ2n) is 3.98. The molecule has 2 nitrogen and oxygen atoms in total. The first kappa shape index (κ1) is 11.4. The van der Waals surface area contributed by atoms with Gasteiger partial charge >= 0.3 is 0 Å². The number of hydrogen-bond donors (Lipinski definition) is 1. The standard InChI is InChI=1S/C6H10N2.C4H10/c1-6(2)8-4-3-7-5-8;1-4(2)3/h3-6H,1-2H3;4H,1-3H3/p+1. The summed E-state index contributed by atoms with van der Waals surface area (Å²) in [7, 11) is 0. The molecule has 2 heteroatoms. The van der Waals surface area contributed by atoms with Crippen LogP contribution in [-0.2, 0) is 0 Å². The molecule has 0 bridgehead atoms. The second kappa shape index (κ2) is 5.95. The fourth-order valence-electron chi connectivity index (χ4n) is 0.643. The molecule has 0 amide bonds. The monoisotopic (exact) mass is 169 g/mol. The van der Waals surface area contributed by atoms with E-state index in [2.05, 4.69) is 39.6 Å². The Bertz CT molecular complexity index is 142. The highest BCUT2D eigenvalue weighted by molar-refractivity contribution is 5.47. The zero-order valence-corrected chi connectivity index (χ0v) is 8.83. The first-order valence-electron chi connectivity index (χ1n) is 4.60. The summed E-state index contributed by atoms with van der Waals surface area (Å²) < 4.78 is 0. The molecule has 1 atom stereocenters. The van der Waals surface area contributed by atoms with E-state index < -0.39 is 0 Å². The van der Waals surface area contributed by atoms with Crippen molar-refractivity contribution < 1.29 is 4.90 Å². The predicted molar refractivity (Wildman–Crippen MR) is 54.2 cm³/mol. The lowest BCUT2D eigenvalue weighted by Crippen LogP contribution is -3.08. The van der Waals surface area contributed by atoms with Gasteiger partial charge < -0.3 is 0 Å². The second-order valence-corrected chi connectivity index (χ2v) is 3.98. The molecule has 1 N–H and O–H groups in total. The summed E-state index contributed by atoms with van der Waals surface area (Å²) in [6.45, 7) is 10.8. The smallest absolute Gasteiger partial charge is 0.193 e. The van der Waals surface area contributed by atoms with Gasteiger partial charge in [0.2, 0.25) is 0 Å². The summed E-state index contributed by atoms with van der Waals surface area (Å²) in [5.41, 5.74) is 0. The van der Waals surface area contributed by atoms with Crippen molar-refractivity contribution in [3.8, 4) is 0 Å². The summed E-state index contributed by atoms with van der Waals surface area (Å²) in [4.78, 5) is 5.27. The summed E-state index contributed by atoms with van der Waals surface area (Å²) in [6.07, 6.45) is 5.78. The fraction of sp³-hybridized carbons (Fsp3) is 0.700. The van der Waals surface area contributed by atoms with Gasteiger partial charge in [-0.2, -0.15) is 0 Å². The number of hydrogen-bond acceptors (Lipinski definition) is 1. The third-order valence-corrected chi connectivity index (χ3v) is 1.24. The zero-order valence-electron chi connectivity index (χ0n) is 8.83. The first-order chi connectivity index (χ1) is 5.54. The Kier molecular flexibility index (Phi) is 5.64. The van der Waals surface area contributed by atoms with Crippen LogP contribution in [0.3, 0.4) is 0 Å². The van der Waals surface area contributed by atoms with Crippen molar-refractivity contribution in [1.29, 1.82) is 0 Å². The van der Waals surface area contributed by atoms with Crippen molar-refractivity contribution in [1.82, 2.24) is 0 Å². The number of nitrogens with zero attached hydrogens (tertiary/aromatic N) is 1. The summed E-state index contributed by atoms with van der Waals surface area (Å²) in [5.74, 6) is 0.833. The topological polar surface area (TPSA) is 16.8 Å². The maximum atomic E-state index is 3.94. The third kappa shape index (κ3) is 6.10. The molecule has 1 unspecified atom stereocenters. The van der Waals surface area contributed by atoms with E-state index in [0.717, 1.165) is 5.92 Å². The van der Waals surface area contributed by atoms with Crippen LogP contribution < -0.4 is 4.90 Å². The lowest BCUT2D eigenvalue weighted by atomic mass is 10.3. The molecule has 70 valence electrons. The van der Waals surface area contributed by atoms with Crippen LogP contribution in [0, 0.1) is 5.92 Å². The third-order valence-electron chi connectivity index (χ3n) is 1.24. The van der Waals surface area contributed by atoms with Crippen LogP contribution in [0.2, 0.25) is 0 Å². The largest absolute Gasteiger partial charge is 0.263 e. The van der Waals surface area contributed by atoms with E-state index in [4.69, 9.17) is 0 Å². The van der Waals surface area contributed by atoms with Crippen LogP contribution in [0.15, 0.2) is 17.4 Å². The van der Waals surface area contributed by atoms with Gasteiger partial charge in [0.15, 0.2) is 6.34 Å². The molecule has 0 fully saturated rings. The normalized spacial score (nSPS) is 20.1. The van der Waals surface area contributed by atoms with E-state index in [-0.39, 0.29) is 0 Å². The molecule has 0 aliphatic carbocycles. The van der Waals surface area contributed by atoms with Crippen molar-refractivity contribution >= 4 is 6.34 Å². The van der Waals surface area contributed by atoms with Gasteiger partial charge in [-0.3, -0.25) is 4.90 Å². The first-order valence-corrected chi connectivity index (χ1v) is 4.60.